The monoisotopic (exact) mass is 336 g/mol. The molecule has 1 aliphatic heterocycles. The Morgan fingerprint density at radius 1 is 1.39 bits per heavy atom. The standard InChI is InChI=1S/C16H20N2O4S/c19-16(17-8-12-1-4-20-5-2-12)15-7-14(22-18-15)10-21-9-13-3-6-23-11-13/h3,6-7,11-12H,1-2,4-5,8-10H2,(H,17,19). The second-order valence-electron chi connectivity index (χ2n) is 5.57. The van der Waals surface area contributed by atoms with Crippen LogP contribution in [-0.4, -0.2) is 30.8 Å². The molecule has 3 rings (SSSR count). The molecule has 23 heavy (non-hydrogen) atoms. The second kappa shape index (κ2) is 8.24. The molecule has 0 aromatic carbocycles. The van der Waals surface area contributed by atoms with Crippen molar-refractivity contribution in [2.45, 2.75) is 26.1 Å². The van der Waals surface area contributed by atoms with E-state index in [4.69, 9.17) is 14.0 Å². The fourth-order valence-electron chi connectivity index (χ4n) is 2.41. The van der Waals surface area contributed by atoms with Crippen molar-refractivity contribution < 1.29 is 18.8 Å². The van der Waals surface area contributed by atoms with Crippen LogP contribution < -0.4 is 5.32 Å². The molecule has 2 aromatic rings. The van der Waals surface area contributed by atoms with Crippen LogP contribution in [0.5, 0.6) is 0 Å². The van der Waals surface area contributed by atoms with E-state index in [9.17, 15) is 4.79 Å². The highest BCUT2D eigenvalue weighted by atomic mass is 32.1. The molecule has 0 unspecified atom stereocenters. The zero-order valence-corrected chi connectivity index (χ0v) is 13.6. The Kier molecular flexibility index (Phi) is 5.79. The van der Waals surface area contributed by atoms with E-state index >= 15 is 0 Å². The van der Waals surface area contributed by atoms with Gasteiger partial charge in [-0.3, -0.25) is 4.79 Å². The fourth-order valence-corrected chi connectivity index (χ4v) is 3.06. The summed E-state index contributed by atoms with van der Waals surface area (Å²) in [6, 6.07) is 3.65. The van der Waals surface area contributed by atoms with Gasteiger partial charge in [-0.1, -0.05) is 5.16 Å². The van der Waals surface area contributed by atoms with Gasteiger partial charge in [-0.05, 0) is 41.1 Å². The van der Waals surface area contributed by atoms with E-state index in [1.165, 1.54) is 0 Å². The highest BCUT2D eigenvalue weighted by molar-refractivity contribution is 7.07. The zero-order chi connectivity index (χ0) is 15.9. The van der Waals surface area contributed by atoms with Crippen LogP contribution in [0, 0.1) is 5.92 Å². The smallest absolute Gasteiger partial charge is 0.273 e. The number of thiophene rings is 1. The Morgan fingerprint density at radius 3 is 3.04 bits per heavy atom. The summed E-state index contributed by atoms with van der Waals surface area (Å²) < 4.78 is 16.0. The number of carbonyl (C=O) groups is 1. The van der Waals surface area contributed by atoms with Crippen LogP contribution in [0.3, 0.4) is 0 Å². The molecule has 0 saturated carbocycles. The van der Waals surface area contributed by atoms with Crippen molar-refractivity contribution in [1.82, 2.24) is 10.5 Å². The van der Waals surface area contributed by atoms with Crippen LogP contribution in [0.4, 0.5) is 0 Å². The Morgan fingerprint density at radius 2 is 2.26 bits per heavy atom. The van der Waals surface area contributed by atoms with Gasteiger partial charge in [0.05, 0.1) is 6.61 Å². The van der Waals surface area contributed by atoms with E-state index < -0.39 is 0 Å². The Bertz CT molecular complexity index is 605. The first-order valence-corrected chi connectivity index (χ1v) is 8.66. The third-order valence-electron chi connectivity index (χ3n) is 3.78. The summed E-state index contributed by atoms with van der Waals surface area (Å²) in [5, 5.41) is 10.8. The molecule has 0 atom stereocenters. The quantitative estimate of drug-likeness (QED) is 0.841. The number of hydrogen-bond donors (Lipinski definition) is 1. The summed E-state index contributed by atoms with van der Waals surface area (Å²) in [5.41, 5.74) is 1.43. The van der Waals surface area contributed by atoms with Crippen molar-refractivity contribution in [3.63, 3.8) is 0 Å². The van der Waals surface area contributed by atoms with Crippen molar-refractivity contribution in [3.8, 4) is 0 Å². The van der Waals surface area contributed by atoms with Crippen LogP contribution in [-0.2, 0) is 22.7 Å². The van der Waals surface area contributed by atoms with Gasteiger partial charge in [-0.15, -0.1) is 0 Å². The van der Waals surface area contributed by atoms with E-state index in [1.54, 1.807) is 17.4 Å². The average Bonchev–Trinajstić information content (AvgIpc) is 3.25. The fraction of sp³-hybridized carbons (Fsp3) is 0.500. The van der Waals surface area contributed by atoms with E-state index in [1.807, 2.05) is 16.8 Å². The predicted molar refractivity (Wildman–Crippen MR) is 85.2 cm³/mol. The van der Waals surface area contributed by atoms with Gasteiger partial charge in [0.1, 0.15) is 6.61 Å². The van der Waals surface area contributed by atoms with Gasteiger partial charge in [0.2, 0.25) is 0 Å². The normalized spacial score (nSPS) is 15.7. The highest BCUT2D eigenvalue weighted by Gasteiger charge is 2.17. The molecular formula is C16H20N2O4S. The van der Waals surface area contributed by atoms with Crippen LogP contribution in [0.25, 0.3) is 0 Å². The van der Waals surface area contributed by atoms with Crippen molar-refractivity contribution in [3.05, 3.63) is 39.9 Å². The molecule has 0 aliphatic carbocycles. The summed E-state index contributed by atoms with van der Waals surface area (Å²) >= 11 is 1.63. The van der Waals surface area contributed by atoms with E-state index in [0.717, 1.165) is 31.6 Å². The molecule has 6 nitrogen and oxygen atoms in total. The minimum atomic E-state index is -0.204. The number of rotatable bonds is 7. The third-order valence-corrected chi connectivity index (χ3v) is 4.51. The summed E-state index contributed by atoms with van der Waals surface area (Å²) in [7, 11) is 0. The Balaban J connectivity index is 1.41. The van der Waals surface area contributed by atoms with E-state index in [-0.39, 0.29) is 5.91 Å². The summed E-state index contributed by atoms with van der Waals surface area (Å²) in [6.45, 7) is 3.02. The molecular weight excluding hydrogens is 316 g/mol. The molecule has 1 amide bonds. The average molecular weight is 336 g/mol. The largest absolute Gasteiger partial charge is 0.381 e. The molecule has 7 heteroatoms. The highest BCUT2D eigenvalue weighted by Crippen LogP contribution is 2.14. The molecule has 1 aliphatic rings. The van der Waals surface area contributed by atoms with Gasteiger partial charge in [-0.25, -0.2) is 0 Å². The number of ether oxygens (including phenoxy) is 2. The molecule has 1 saturated heterocycles. The van der Waals surface area contributed by atoms with Gasteiger partial charge in [-0.2, -0.15) is 11.3 Å². The van der Waals surface area contributed by atoms with Crippen molar-refractivity contribution in [1.29, 1.82) is 0 Å². The van der Waals surface area contributed by atoms with Gasteiger partial charge in [0.25, 0.3) is 5.91 Å². The molecule has 1 N–H and O–H groups in total. The molecule has 124 valence electrons. The lowest BCUT2D eigenvalue weighted by Gasteiger charge is -2.21. The molecule has 3 heterocycles. The van der Waals surface area contributed by atoms with Crippen LogP contribution in [0.15, 0.2) is 27.4 Å². The van der Waals surface area contributed by atoms with E-state index in [2.05, 4.69) is 10.5 Å². The predicted octanol–water partition coefficient (Wildman–Crippen LogP) is 2.61. The maximum Gasteiger partial charge on any atom is 0.273 e. The van der Waals surface area contributed by atoms with Crippen molar-refractivity contribution >= 4 is 17.2 Å². The number of carbonyl (C=O) groups excluding carboxylic acids is 1. The van der Waals surface area contributed by atoms with Crippen molar-refractivity contribution in [2.24, 2.45) is 5.92 Å². The lowest BCUT2D eigenvalue weighted by Crippen LogP contribution is -2.32. The van der Waals surface area contributed by atoms with Crippen LogP contribution >= 0.6 is 11.3 Å². The molecule has 0 bridgehead atoms. The molecule has 0 spiro atoms. The first-order chi connectivity index (χ1) is 11.3. The number of aromatic nitrogens is 1. The summed E-state index contributed by atoms with van der Waals surface area (Å²) in [5.74, 6) is 0.828. The maximum absolute atomic E-state index is 12.1. The Labute approximate surface area is 138 Å². The topological polar surface area (TPSA) is 73.6 Å². The zero-order valence-electron chi connectivity index (χ0n) is 12.8. The molecule has 1 fully saturated rings. The van der Waals surface area contributed by atoms with Crippen LogP contribution in [0.1, 0.15) is 34.7 Å². The Hall–Kier alpha value is -1.70. The van der Waals surface area contributed by atoms with E-state index in [0.29, 0.717) is 37.1 Å². The first-order valence-electron chi connectivity index (χ1n) is 7.71. The van der Waals surface area contributed by atoms with Gasteiger partial charge in [0, 0.05) is 25.8 Å². The van der Waals surface area contributed by atoms with Gasteiger partial charge < -0.3 is 19.3 Å². The minimum absolute atomic E-state index is 0.204. The minimum Gasteiger partial charge on any atom is -0.381 e. The second-order valence-corrected chi connectivity index (χ2v) is 6.35. The number of hydrogen-bond acceptors (Lipinski definition) is 6. The lowest BCUT2D eigenvalue weighted by molar-refractivity contribution is 0.0641. The first kappa shape index (κ1) is 16.2. The maximum atomic E-state index is 12.1. The van der Waals surface area contributed by atoms with Gasteiger partial charge >= 0.3 is 0 Å². The number of nitrogens with zero attached hydrogens (tertiary/aromatic N) is 1. The molecule has 2 aromatic heterocycles. The lowest BCUT2D eigenvalue weighted by atomic mass is 10.0. The summed E-state index contributed by atoms with van der Waals surface area (Å²) in [4.78, 5) is 12.1. The van der Waals surface area contributed by atoms with Crippen LogP contribution in [0.2, 0.25) is 0 Å². The van der Waals surface area contributed by atoms with Crippen molar-refractivity contribution in [2.75, 3.05) is 19.8 Å². The number of amides is 1. The third kappa shape index (κ3) is 4.89. The molecule has 0 radical (unpaired) electrons. The summed E-state index contributed by atoms with van der Waals surface area (Å²) in [6.07, 6.45) is 1.97. The van der Waals surface area contributed by atoms with Gasteiger partial charge in [0.15, 0.2) is 11.5 Å². The SMILES string of the molecule is O=C(NCC1CCOCC1)c1cc(COCc2ccsc2)on1. The number of nitrogens with one attached hydrogen (secondary N) is 1.